The number of para-hydroxylation sites is 1. The van der Waals surface area contributed by atoms with Crippen molar-refractivity contribution in [2.24, 2.45) is 11.0 Å². The second-order valence-corrected chi connectivity index (χ2v) is 7.60. The standard InChI is InChI=1S/C21H23BrN4O4/c1-14(2)11-23-20(28)21(29)26-24-12-15-5-3-4-6-18(15)30-13-19(27)25-17-9-7-16(22)8-10-17/h3-10,12,14H,11,13H2,1-2H3,(H,23,28)(H,25,27)(H,26,29)/b24-12-. The van der Waals surface area contributed by atoms with Crippen molar-refractivity contribution in [1.82, 2.24) is 10.7 Å². The van der Waals surface area contributed by atoms with E-state index in [1.807, 2.05) is 26.0 Å². The van der Waals surface area contributed by atoms with Crippen molar-refractivity contribution in [2.45, 2.75) is 13.8 Å². The lowest BCUT2D eigenvalue weighted by Crippen LogP contribution is -2.39. The van der Waals surface area contributed by atoms with Gasteiger partial charge in [-0.1, -0.05) is 41.9 Å². The molecule has 0 aromatic heterocycles. The third-order valence-electron chi connectivity index (χ3n) is 3.65. The van der Waals surface area contributed by atoms with Gasteiger partial charge in [0.05, 0.1) is 6.21 Å². The molecule has 8 nitrogen and oxygen atoms in total. The summed E-state index contributed by atoms with van der Waals surface area (Å²) in [6, 6.07) is 14.1. The highest BCUT2D eigenvalue weighted by Gasteiger charge is 2.12. The number of ether oxygens (including phenoxy) is 1. The van der Waals surface area contributed by atoms with E-state index in [0.717, 1.165) is 4.47 Å². The van der Waals surface area contributed by atoms with Crippen LogP contribution in [0.3, 0.4) is 0 Å². The number of amides is 3. The minimum absolute atomic E-state index is 0.203. The van der Waals surface area contributed by atoms with E-state index in [-0.39, 0.29) is 18.4 Å². The fourth-order valence-corrected chi connectivity index (χ4v) is 2.44. The van der Waals surface area contributed by atoms with E-state index >= 15 is 0 Å². The maximum absolute atomic E-state index is 12.1. The number of hydrogen-bond acceptors (Lipinski definition) is 5. The van der Waals surface area contributed by atoms with Crippen LogP contribution in [0.1, 0.15) is 19.4 Å². The molecule has 0 fully saturated rings. The fourth-order valence-electron chi connectivity index (χ4n) is 2.18. The molecule has 2 aromatic rings. The first-order valence-electron chi connectivity index (χ1n) is 9.23. The number of hydrazone groups is 1. The van der Waals surface area contributed by atoms with Gasteiger partial charge in [0.15, 0.2) is 6.61 Å². The van der Waals surface area contributed by atoms with Crippen LogP contribution in [0, 0.1) is 5.92 Å². The number of nitrogens with zero attached hydrogens (tertiary/aromatic N) is 1. The summed E-state index contributed by atoms with van der Waals surface area (Å²) in [5, 5.41) is 9.01. The molecule has 0 spiro atoms. The van der Waals surface area contributed by atoms with Crippen molar-refractivity contribution in [3.8, 4) is 5.75 Å². The van der Waals surface area contributed by atoms with Crippen molar-refractivity contribution in [2.75, 3.05) is 18.5 Å². The molecule has 0 aliphatic rings. The molecular formula is C21H23BrN4O4. The number of benzene rings is 2. The zero-order chi connectivity index (χ0) is 21.9. The summed E-state index contributed by atoms with van der Waals surface area (Å²) in [5.74, 6) is -1.30. The highest BCUT2D eigenvalue weighted by Crippen LogP contribution is 2.17. The Kier molecular flexibility index (Phi) is 9.02. The topological polar surface area (TPSA) is 109 Å². The fraction of sp³-hybridized carbons (Fsp3) is 0.238. The van der Waals surface area contributed by atoms with Gasteiger partial charge in [-0.15, -0.1) is 0 Å². The molecule has 0 unspecified atom stereocenters. The van der Waals surface area contributed by atoms with Crippen molar-refractivity contribution in [3.05, 3.63) is 58.6 Å². The lowest BCUT2D eigenvalue weighted by molar-refractivity contribution is -0.139. The van der Waals surface area contributed by atoms with E-state index in [1.54, 1.807) is 36.4 Å². The largest absolute Gasteiger partial charge is 0.483 e. The lowest BCUT2D eigenvalue weighted by atomic mass is 10.2. The minimum Gasteiger partial charge on any atom is -0.483 e. The Morgan fingerprint density at radius 3 is 2.47 bits per heavy atom. The van der Waals surface area contributed by atoms with Crippen LogP contribution >= 0.6 is 15.9 Å². The number of rotatable bonds is 8. The summed E-state index contributed by atoms with van der Waals surface area (Å²) >= 11 is 3.33. The smallest absolute Gasteiger partial charge is 0.329 e. The van der Waals surface area contributed by atoms with Crippen molar-refractivity contribution in [1.29, 1.82) is 0 Å². The van der Waals surface area contributed by atoms with Crippen LogP contribution in [0.2, 0.25) is 0 Å². The van der Waals surface area contributed by atoms with Crippen LogP contribution in [0.25, 0.3) is 0 Å². The van der Waals surface area contributed by atoms with Crippen LogP contribution < -0.4 is 20.8 Å². The van der Waals surface area contributed by atoms with Gasteiger partial charge < -0.3 is 15.4 Å². The number of carbonyl (C=O) groups is 3. The second-order valence-electron chi connectivity index (χ2n) is 6.68. The van der Waals surface area contributed by atoms with E-state index in [2.05, 4.69) is 37.1 Å². The molecule has 158 valence electrons. The van der Waals surface area contributed by atoms with Gasteiger partial charge in [-0.3, -0.25) is 14.4 Å². The molecule has 3 N–H and O–H groups in total. The first-order chi connectivity index (χ1) is 14.3. The minimum atomic E-state index is -0.862. The quantitative estimate of drug-likeness (QED) is 0.310. The first kappa shape index (κ1) is 23.1. The zero-order valence-electron chi connectivity index (χ0n) is 16.6. The van der Waals surface area contributed by atoms with Crippen molar-refractivity contribution in [3.63, 3.8) is 0 Å². The third-order valence-corrected chi connectivity index (χ3v) is 4.18. The third kappa shape index (κ3) is 8.04. The molecule has 0 atom stereocenters. The Bertz CT molecular complexity index is 913. The molecule has 0 saturated carbocycles. The van der Waals surface area contributed by atoms with Gasteiger partial charge in [0.25, 0.3) is 5.91 Å². The van der Waals surface area contributed by atoms with Crippen molar-refractivity contribution >= 4 is 45.6 Å². The molecule has 0 bridgehead atoms. The van der Waals surface area contributed by atoms with Crippen LogP contribution in [0.15, 0.2) is 58.1 Å². The Morgan fingerprint density at radius 2 is 1.77 bits per heavy atom. The number of hydrogen-bond donors (Lipinski definition) is 3. The van der Waals surface area contributed by atoms with Gasteiger partial charge in [0, 0.05) is 22.3 Å². The Morgan fingerprint density at radius 1 is 1.07 bits per heavy atom. The summed E-state index contributed by atoms with van der Waals surface area (Å²) in [5.41, 5.74) is 3.36. The molecule has 9 heteroatoms. The maximum atomic E-state index is 12.1. The van der Waals surface area contributed by atoms with E-state index in [0.29, 0.717) is 23.5 Å². The summed E-state index contributed by atoms with van der Waals surface area (Å²) in [4.78, 5) is 35.4. The normalized spacial score (nSPS) is 10.7. The summed E-state index contributed by atoms with van der Waals surface area (Å²) in [7, 11) is 0. The highest BCUT2D eigenvalue weighted by atomic mass is 79.9. The Balaban J connectivity index is 1.88. The second kappa shape index (κ2) is 11.7. The average molecular weight is 475 g/mol. The van der Waals surface area contributed by atoms with Gasteiger partial charge in [-0.25, -0.2) is 5.43 Å². The number of carbonyl (C=O) groups excluding carboxylic acids is 3. The van der Waals surface area contributed by atoms with Gasteiger partial charge in [0.1, 0.15) is 5.75 Å². The molecule has 0 aliphatic carbocycles. The molecule has 0 aliphatic heterocycles. The summed E-state index contributed by atoms with van der Waals surface area (Å²) < 4.78 is 6.47. The van der Waals surface area contributed by atoms with Crippen molar-refractivity contribution < 1.29 is 19.1 Å². The first-order valence-corrected chi connectivity index (χ1v) is 10.0. The summed E-state index contributed by atoms with van der Waals surface area (Å²) in [6.07, 6.45) is 1.34. The van der Waals surface area contributed by atoms with E-state index in [1.165, 1.54) is 6.21 Å². The molecule has 0 heterocycles. The summed E-state index contributed by atoms with van der Waals surface area (Å²) in [6.45, 7) is 4.04. The molecule has 0 saturated heterocycles. The lowest BCUT2D eigenvalue weighted by Gasteiger charge is -2.09. The Hall–Kier alpha value is -3.20. The molecule has 30 heavy (non-hydrogen) atoms. The molecular weight excluding hydrogens is 452 g/mol. The molecule has 3 amide bonds. The molecule has 2 aromatic carbocycles. The molecule has 2 rings (SSSR count). The van der Waals surface area contributed by atoms with E-state index < -0.39 is 11.8 Å². The monoisotopic (exact) mass is 474 g/mol. The van der Waals surface area contributed by atoms with E-state index in [4.69, 9.17) is 4.74 Å². The Labute approximate surface area is 183 Å². The predicted octanol–water partition coefficient (Wildman–Crippen LogP) is 2.69. The zero-order valence-corrected chi connectivity index (χ0v) is 18.2. The highest BCUT2D eigenvalue weighted by molar-refractivity contribution is 9.10. The van der Waals surface area contributed by atoms with Crippen LogP contribution in [-0.4, -0.2) is 37.1 Å². The average Bonchev–Trinajstić information content (AvgIpc) is 2.72. The van der Waals surface area contributed by atoms with Crippen LogP contribution in [-0.2, 0) is 14.4 Å². The van der Waals surface area contributed by atoms with Gasteiger partial charge >= 0.3 is 11.8 Å². The number of nitrogens with one attached hydrogen (secondary N) is 3. The van der Waals surface area contributed by atoms with Gasteiger partial charge in [-0.2, -0.15) is 5.10 Å². The predicted molar refractivity (Wildman–Crippen MR) is 118 cm³/mol. The number of halogens is 1. The maximum Gasteiger partial charge on any atom is 0.329 e. The molecule has 0 radical (unpaired) electrons. The van der Waals surface area contributed by atoms with Gasteiger partial charge in [0.2, 0.25) is 0 Å². The van der Waals surface area contributed by atoms with Crippen LogP contribution in [0.5, 0.6) is 5.75 Å². The SMILES string of the molecule is CC(C)CNC(=O)C(=O)N/N=C\c1ccccc1OCC(=O)Nc1ccc(Br)cc1. The van der Waals surface area contributed by atoms with Crippen LogP contribution in [0.4, 0.5) is 5.69 Å². The van der Waals surface area contributed by atoms with Gasteiger partial charge in [-0.05, 0) is 42.3 Å². The van der Waals surface area contributed by atoms with E-state index in [9.17, 15) is 14.4 Å². The number of anilines is 1.